The molecular weight excluding hydrogens is 227 g/mol. The fourth-order valence-electron chi connectivity index (χ4n) is 2.57. The molecule has 2 heteroatoms. The van der Waals surface area contributed by atoms with Gasteiger partial charge in [-0.1, -0.05) is 43.0 Å². The molecule has 1 aromatic rings. The third-order valence-electron chi connectivity index (χ3n) is 3.56. The summed E-state index contributed by atoms with van der Waals surface area (Å²) < 4.78 is 0. The lowest BCUT2D eigenvalue weighted by atomic mass is 9.86. The molecule has 0 nitrogen and oxygen atoms in total. The SMILES string of the molecule is CC(c1cc(Cl)ccc1Cl)C1CCCC1. The van der Waals surface area contributed by atoms with Crippen molar-refractivity contribution in [3.8, 4) is 0 Å². The van der Waals surface area contributed by atoms with Gasteiger partial charge in [-0.2, -0.15) is 0 Å². The van der Waals surface area contributed by atoms with Gasteiger partial charge in [0, 0.05) is 10.0 Å². The van der Waals surface area contributed by atoms with Crippen molar-refractivity contribution in [2.75, 3.05) is 0 Å². The molecule has 15 heavy (non-hydrogen) atoms. The average Bonchev–Trinajstić information content (AvgIpc) is 2.74. The van der Waals surface area contributed by atoms with Gasteiger partial charge in [0.05, 0.1) is 0 Å². The van der Waals surface area contributed by atoms with Gasteiger partial charge in [0.15, 0.2) is 0 Å². The summed E-state index contributed by atoms with van der Waals surface area (Å²) in [7, 11) is 0. The van der Waals surface area contributed by atoms with Crippen molar-refractivity contribution in [1.82, 2.24) is 0 Å². The lowest BCUT2D eigenvalue weighted by Gasteiger charge is -2.20. The number of halogens is 2. The van der Waals surface area contributed by atoms with E-state index in [0.29, 0.717) is 5.92 Å². The second-order valence-electron chi connectivity index (χ2n) is 4.50. The molecule has 1 unspecified atom stereocenters. The first-order chi connectivity index (χ1) is 7.18. The zero-order valence-corrected chi connectivity index (χ0v) is 10.5. The molecule has 82 valence electrons. The Morgan fingerprint density at radius 3 is 2.53 bits per heavy atom. The van der Waals surface area contributed by atoms with Gasteiger partial charge in [0.1, 0.15) is 0 Å². The predicted octanol–water partition coefficient (Wildman–Crippen LogP) is 5.29. The largest absolute Gasteiger partial charge is 0.0843 e. The highest BCUT2D eigenvalue weighted by molar-refractivity contribution is 6.33. The molecule has 0 aliphatic heterocycles. The van der Waals surface area contributed by atoms with Crippen molar-refractivity contribution in [2.24, 2.45) is 5.92 Å². The summed E-state index contributed by atoms with van der Waals surface area (Å²) >= 11 is 12.2. The Bertz CT molecular complexity index is 340. The van der Waals surface area contributed by atoms with Crippen LogP contribution in [-0.2, 0) is 0 Å². The molecule has 0 amide bonds. The fraction of sp³-hybridized carbons (Fsp3) is 0.538. The topological polar surface area (TPSA) is 0 Å². The molecule has 1 aliphatic carbocycles. The second-order valence-corrected chi connectivity index (χ2v) is 5.34. The van der Waals surface area contributed by atoms with E-state index in [-0.39, 0.29) is 0 Å². The summed E-state index contributed by atoms with van der Waals surface area (Å²) in [5.41, 5.74) is 1.22. The summed E-state index contributed by atoms with van der Waals surface area (Å²) in [4.78, 5) is 0. The lowest BCUT2D eigenvalue weighted by Crippen LogP contribution is -2.06. The molecule has 1 fully saturated rings. The van der Waals surface area contributed by atoms with Crippen LogP contribution in [0.4, 0.5) is 0 Å². The van der Waals surface area contributed by atoms with E-state index in [4.69, 9.17) is 23.2 Å². The maximum atomic E-state index is 6.21. The van der Waals surface area contributed by atoms with Crippen LogP contribution in [-0.4, -0.2) is 0 Å². The molecule has 0 N–H and O–H groups in total. The highest BCUT2D eigenvalue weighted by atomic mass is 35.5. The highest BCUT2D eigenvalue weighted by Gasteiger charge is 2.24. The smallest absolute Gasteiger partial charge is 0.0441 e. The molecule has 0 saturated heterocycles. The molecule has 2 rings (SSSR count). The average molecular weight is 243 g/mol. The number of benzene rings is 1. The van der Waals surface area contributed by atoms with Crippen LogP contribution in [0, 0.1) is 5.92 Å². The first-order valence-electron chi connectivity index (χ1n) is 5.63. The van der Waals surface area contributed by atoms with Crippen molar-refractivity contribution in [2.45, 2.75) is 38.5 Å². The first-order valence-corrected chi connectivity index (χ1v) is 6.39. The molecule has 0 radical (unpaired) electrons. The minimum absolute atomic E-state index is 0.540. The van der Waals surface area contributed by atoms with E-state index < -0.39 is 0 Å². The van der Waals surface area contributed by atoms with E-state index in [1.165, 1.54) is 31.2 Å². The van der Waals surface area contributed by atoms with E-state index in [2.05, 4.69) is 6.92 Å². The monoisotopic (exact) mass is 242 g/mol. The number of rotatable bonds is 2. The van der Waals surface area contributed by atoms with Gasteiger partial charge < -0.3 is 0 Å². The Morgan fingerprint density at radius 1 is 1.20 bits per heavy atom. The Labute approximate surface area is 102 Å². The van der Waals surface area contributed by atoms with Crippen LogP contribution >= 0.6 is 23.2 Å². The molecular formula is C13H16Cl2. The third-order valence-corrected chi connectivity index (χ3v) is 4.13. The Kier molecular flexibility index (Phi) is 3.58. The molecule has 1 aromatic carbocycles. The van der Waals surface area contributed by atoms with Gasteiger partial charge in [-0.3, -0.25) is 0 Å². The summed E-state index contributed by atoms with van der Waals surface area (Å²) in [6, 6.07) is 5.78. The normalized spacial score (nSPS) is 19.4. The van der Waals surface area contributed by atoms with Gasteiger partial charge in [0.2, 0.25) is 0 Å². The van der Waals surface area contributed by atoms with Crippen LogP contribution in [0.5, 0.6) is 0 Å². The maximum absolute atomic E-state index is 6.21. The van der Waals surface area contributed by atoms with Gasteiger partial charge in [-0.25, -0.2) is 0 Å². The first kappa shape index (κ1) is 11.3. The van der Waals surface area contributed by atoms with Crippen molar-refractivity contribution >= 4 is 23.2 Å². The molecule has 0 aromatic heterocycles. The zero-order valence-electron chi connectivity index (χ0n) is 8.97. The predicted molar refractivity (Wildman–Crippen MR) is 66.8 cm³/mol. The molecule has 0 bridgehead atoms. The van der Waals surface area contributed by atoms with Crippen LogP contribution < -0.4 is 0 Å². The molecule has 1 saturated carbocycles. The fourth-order valence-corrected chi connectivity index (χ4v) is 3.05. The van der Waals surface area contributed by atoms with Crippen LogP contribution in [0.1, 0.15) is 44.1 Å². The standard InChI is InChI=1S/C13H16Cl2/c1-9(10-4-2-3-5-10)12-8-11(14)6-7-13(12)15/h6-10H,2-5H2,1H3. The molecule has 0 spiro atoms. The van der Waals surface area contributed by atoms with Crippen molar-refractivity contribution in [3.05, 3.63) is 33.8 Å². The van der Waals surface area contributed by atoms with E-state index in [1.54, 1.807) is 0 Å². The molecule has 1 aliphatic rings. The van der Waals surface area contributed by atoms with Crippen LogP contribution in [0.25, 0.3) is 0 Å². The molecule has 0 heterocycles. The summed E-state index contributed by atoms with van der Waals surface area (Å²) in [6.07, 6.45) is 5.41. The van der Waals surface area contributed by atoms with Crippen LogP contribution in [0.15, 0.2) is 18.2 Å². The van der Waals surface area contributed by atoms with Gasteiger partial charge in [-0.05, 0) is 48.4 Å². The molecule has 1 atom stereocenters. The van der Waals surface area contributed by atoms with Gasteiger partial charge >= 0.3 is 0 Å². The quantitative estimate of drug-likeness (QED) is 0.662. The Hall–Kier alpha value is -0.200. The third kappa shape index (κ3) is 2.49. The van der Waals surface area contributed by atoms with E-state index in [1.807, 2.05) is 18.2 Å². The highest BCUT2D eigenvalue weighted by Crippen LogP contribution is 2.39. The zero-order chi connectivity index (χ0) is 10.8. The van der Waals surface area contributed by atoms with Crippen molar-refractivity contribution < 1.29 is 0 Å². The number of hydrogen-bond donors (Lipinski definition) is 0. The Balaban J connectivity index is 2.23. The lowest BCUT2D eigenvalue weighted by molar-refractivity contribution is 0.461. The number of hydrogen-bond acceptors (Lipinski definition) is 0. The maximum Gasteiger partial charge on any atom is 0.0441 e. The van der Waals surface area contributed by atoms with E-state index >= 15 is 0 Å². The summed E-state index contributed by atoms with van der Waals surface area (Å²) in [5.74, 6) is 1.33. The van der Waals surface area contributed by atoms with E-state index in [0.717, 1.165) is 16.0 Å². The van der Waals surface area contributed by atoms with E-state index in [9.17, 15) is 0 Å². The van der Waals surface area contributed by atoms with Gasteiger partial charge in [-0.15, -0.1) is 0 Å². The Morgan fingerprint density at radius 2 is 1.87 bits per heavy atom. The second kappa shape index (κ2) is 4.76. The van der Waals surface area contributed by atoms with Gasteiger partial charge in [0.25, 0.3) is 0 Å². The van der Waals surface area contributed by atoms with Crippen molar-refractivity contribution in [1.29, 1.82) is 0 Å². The summed E-state index contributed by atoms with van der Waals surface area (Å²) in [6.45, 7) is 2.27. The minimum Gasteiger partial charge on any atom is -0.0843 e. The summed E-state index contributed by atoms with van der Waals surface area (Å²) in [5, 5.41) is 1.65. The van der Waals surface area contributed by atoms with Crippen LogP contribution in [0.2, 0.25) is 10.0 Å². The minimum atomic E-state index is 0.540. The van der Waals surface area contributed by atoms with Crippen LogP contribution in [0.3, 0.4) is 0 Å². The van der Waals surface area contributed by atoms with Crippen molar-refractivity contribution in [3.63, 3.8) is 0 Å².